The van der Waals surface area contributed by atoms with Crippen molar-refractivity contribution in [2.75, 3.05) is 13.2 Å². The van der Waals surface area contributed by atoms with Crippen LogP contribution in [0.1, 0.15) is 55.5 Å². The molecule has 28 heavy (non-hydrogen) atoms. The molecular formula is C23H30ClNO3. The molecule has 1 atom stereocenters. The minimum Gasteiger partial charge on any atom is -0.493 e. The summed E-state index contributed by atoms with van der Waals surface area (Å²) in [6.07, 6.45) is 1.99. The van der Waals surface area contributed by atoms with Crippen LogP contribution < -0.4 is 14.8 Å². The standard InChI is InChI=1S/C23H30ClNO3/c1-5-27-21-12-22(19(24)11-16(21)13-25-23(3,4)14-26)28-20-10-9-17-15(2)7-6-8-18(17)20/h6-8,11-12,20,25-26H,5,9-10,13-14H2,1-4H3/t20-/m0/s1. The SMILES string of the molecule is CCOc1cc(O[C@H]2CCc3c(C)cccc32)c(Cl)cc1CNC(C)(C)CO. The maximum atomic E-state index is 9.46. The van der Waals surface area contributed by atoms with E-state index in [0.29, 0.717) is 23.9 Å². The lowest BCUT2D eigenvalue weighted by Gasteiger charge is -2.25. The van der Waals surface area contributed by atoms with Gasteiger partial charge in [-0.15, -0.1) is 0 Å². The average molecular weight is 404 g/mol. The molecule has 0 heterocycles. The highest BCUT2D eigenvalue weighted by Gasteiger charge is 2.26. The lowest BCUT2D eigenvalue weighted by atomic mass is 10.0. The number of aryl methyl sites for hydroxylation is 1. The summed E-state index contributed by atoms with van der Waals surface area (Å²) in [4.78, 5) is 0. The maximum absolute atomic E-state index is 9.46. The van der Waals surface area contributed by atoms with Crippen LogP contribution in [0.5, 0.6) is 11.5 Å². The molecule has 2 aromatic rings. The summed E-state index contributed by atoms with van der Waals surface area (Å²) in [6.45, 7) is 9.17. The minimum atomic E-state index is -0.378. The van der Waals surface area contributed by atoms with Gasteiger partial charge in [-0.3, -0.25) is 0 Å². The summed E-state index contributed by atoms with van der Waals surface area (Å²) >= 11 is 6.56. The van der Waals surface area contributed by atoms with Crippen molar-refractivity contribution in [3.8, 4) is 11.5 Å². The maximum Gasteiger partial charge on any atom is 0.142 e. The highest BCUT2D eigenvalue weighted by atomic mass is 35.5. The highest BCUT2D eigenvalue weighted by molar-refractivity contribution is 6.32. The predicted octanol–water partition coefficient (Wildman–Crippen LogP) is 4.97. The Bertz CT molecular complexity index is 835. The van der Waals surface area contributed by atoms with E-state index in [0.717, 1.165) is 24.2 Å². The fourth-order valence-electron chi connectivity index (χ4n) is 3.56. The third kappa shape index (κ3) is 4.62. The third-order valence-corrected chi connectivity index (χ3v) is 5.58. The van der Waals surface area contributed by atoms with Crippen LogP contribution in [-0.4, -0.2) is 23.9 Å². The number of hydrogen-bond acceptors (Lipinski definition) is 4. The van der Waals surface area contributed by atoms with Gasteiger partial charge in [-0.1, -0.05) is 29.8 Å². The molecule has 0 radical (unpaired) electrons. The first-order valence-corrected chi connectivity index (χ1v) is 10.3. The zero-order valence-corrected chi connectivity index (χ0v) is 17.9. The molecule has 4 nitrogen and oxygen atoms in total. The second-order valence-electron chi connectivity index (χ2n) is 8.01. The van der Waals surface area contributed by atoms with Gasteiger partial charge in [-0.05, 0) is 63.3 Å². The first-order valence-electron chi connectivity index (χ1n) is 9.90. The van der Waals surface area contributed by atoms with E-state index in [2.05, 4.69) is 30.4 Å². The quantitative estimate of drug-likeness (QED) is 0.653. The normalized spacial score (nSPS) is 16.1. The zero-order valence-electron chi connectivity index (χ0n) is 17.1. The number of nitrogens with one attached hydrogen (secondary N) is 1. The molecule has 0 bridgehead atoms. The van der Waals surface area contributed by atoms with Crippen molar-refractivity contribution < 1.29 is 14.6 Å². The van der Waals surface area contributed by atoms with Crippen LogP contribution in [0.25, 0.3) is 0 Å². The van der Waals surface area contributed by atoms with Crippen LogP contribution >= 0.6 is 11.6 Å². The van der Waals surface area contributed by atoms with Gasteiger partial charge in [0.05, 0.1) is 18.2 Å². The van der Waals surface area contributed by atoms with Gasteiger partial charge in [0.2, 0.25) is 0 Å². The number of ether oxygens (including phenoxy) is 2. The lowest BCUT2D eigenvalue weighted by Crippen LogP contribution is -2.42. The van der Waals surface area contributed by atoms with Crippen LogP contribution in [-0.2, 0) is 13.0 Å². The van der Waals surface area contributed by atoms with Gasteiger partial charge in [0.25, 0.3) is 0 Å². The van der Waals surface area contributed by atoms with Crippen LogP contribution in [0, 0.1) is 6.92 Å². The monoisotopic (exact) mass is 403 g/mol. The molecule has 152 valence electrons. The van der Waals surface area contributed by atoms with Gasteiger partial charge in [0.15, 0.2) is 0 Å². The molecule has 1 aliphatic carbocycles. The topological polar surface area (TPSA) is 50.7 Å². The summed E-state index contributed by atoms with van der Waals surface area (Å²) < 4.78 is 12.2. The number of fused-ring (bicyclic) bond motifs is 1. The molecule has 0 fully saturated rings. The molecule has 1 aliphatic rings. The van der Waals surface area contributed by atoms with Crippen molar-refractivity contribution in [2.45, 2.75) is 58.7 Å². The van der Waals surface area contributed by atoms with E-state index in [9.17, 15) is 5.11 Å². The molecule has 0 amide bonds. The van der Waals surface area contributed by atoms with E-state index in [4.69, 9.17) is 21.1 Å². The van der Waals surface area contributed by atoms with Crippen molar-refractivity contribution in [3.63, 3.8) is 0 Å². The smallest absolute Gasteiger partial charge is 0.142 e. The van der Waals surface area contributed by atoms with Crippen molar-refractivity contribution in [1.82, 2.24) is 5.32 Å². The summed E-state index contributed by atoms with van der Waals surface area (Å²) in [5, 5.41) is 13.4. The molecule has 0 unspecified atom stereocenters. The van der Waals surface area contributed by atoms with Gasteiger partial charge < -0.3 is 19.9 Å². The fraction of sp³-hybridized carbons (Fsp3) is 0.478. The minimum absolute atomic E-state index is 0.0131. The molecule has 2 N–H and O–H groups in total. The van der Waals surface area contributed by atoms with Crippen molar-refractivity contribution >= 4 is 11.6 Å². The van der Waals surface area contributed by atoms with E-state index in [-0.39, 0.29) is 18.2 Å². The number of hydrogen-bond donors (Lipinski definition) is 2. The number of aliphatic hydroxyl groups excluding tert-OH is 1. The van der Waals surface area contributed by atoms with Gasteiger partial charge >= 0.3 is 0 Å². The predicted molar refractivity (Wildman–Crippen MR) is 113 cm³/mol. The summed E-state index contributed by atoms with van der Waals surface area (Å²) in [5.41, 5.74) is 4.53. The largest absolute Gasteiger partial charge is 0.493 e. The molecule has 0 saturated heterocycles. The Morgan fingerprint density at radius 2 is 2.04 bits per heavy atom. The van der Waals surface area contributed by atoms with E-state index in [1.807, 2.05) is 32.9 Å². The molecule has 5 heteroatoms. The molecule has 0 aromatic heterocycles. The number of rotatable bonds is 8. The van der Waals surface area contributed by atoms with Gasteiger partial charge in [-0.2, -0.15) is 0 Å². The molecule has 2 aromatic carbocycles. The first-order chi connectivity index (χ1) is 13.3. The Morgan fingerprint density at radius 3 is 2.75 bits per heavy atom. The average Bonchev–Trinajstić information content (AvgIpc) is 3.07. The van der Waals surface area contributed by atoms with Crippen molar-refractivity contribution in [1.29, 1.82) is 0 Å². The van der Waals surface area contributed by atoms with E-state index in [1.54, 1.807) is 0 Å². The Hall–Kier alpha value is -1.75. The van der Waals surface area contributed by atoms with Gasteiger partial charge in [0, 0.05) is 23.7 Å². The zero-order chi connectivity index (χ0) is 20.3. The Morgan fingerprint density at radius 1 is 1.25 bits per heavy atom. The lowest BCUT2D eigenvalue weighted by molar-refractivity contribution is 0.186. The summed E-state index contributed by atoms with van der Waals surface area (Å²) in [6, 6.07) is 10.2. The molecule has 0 aliphatic heterocycles. The van der Waals surface area contributed by atoms with Gasteiger partial charge in [0.1, 0.15) is 17.6 Å². The molecular weight excluding hydrogens is 374 g/mol. The third-order valence-electron chi connectivity index (χ3n) is 5.29. The van der Waals surface area contributed by atoms with E-state index >= 15 is 0 Å². The van der Waals surface area contributed by atoms with Crippen LogP contribution in [0.15, 0.2) is 30.3 Å². The second-order valence-corrected chi connectivity index (χ2v) is 8.41. The van der Waals surface area contributed by atoms with Crippen molar-refractivity contribution in [3.05, 3.63) is 57.6 Å². The van der Waals surface area contributed by atoms with Gasteiger partial charge in [-0.25, -0.2) is 0 Å². The molecule has 3 rings (SSSR count). The second kappa shape index (κ2) is 8.73. The Labute approximate surface area is 172 Å². The summed E-state index contributed by atoms with van der Waals surface area (Å²) in [7, 11) is 0. The molecule has 0 saturated carbocycles. The Kier molecular flexibility index (Phi) is 6.54. The van der Waals surface area contributed by atoms with Crippen LogP contribution in [0.4, 0.5) is 0 Å². The number of halogens is 1. The Balaban J connectivity index is 1.83. The van der Waals surface area contributed by atoms with E-state index in [1.165, 1.54) is 16.7 Å². The van der Waals surface area contributed by atoms with Crippen LogP contribution in [0.3, 0.4) is 0 Å². The first kappa shape index (κ1) is 21.0. The van der Waals surface area contributed by atoms with Crippen LogP contribution in [0.2, 0.25) is 5.02 Å². The number of benzene rings is 2. The number of aliphatic hydroxyl groups is 1. The fourth-order valence-corrected chi connectivity index (χ4v) is 3.79. The highest BCUT2D eigenvalue weighted by Crippen LogP contribution is 2.40. The van der Waals surface area contributed by atoms with Crippen molar-refractivity contribution in [2.24, 2.45) is 0 Å². The molecule has 0 spiro atoms. The van der Waals surface area contributed by atoms with E-state index < -0.39 is 0 Å². The summed E-state index contributed by atoms with van der Waals surface area (Å²) in [5.74, 6) is 1.40.